The molecule has 4 nitrogen and oxygen atoms in total. The topological polar surface area (TPSA) is 40.6 Å². The van der Waals surface area contributed by atoms with Gasteiger partial charge in [-0.1, -0.05) is 6.92 Å². The van der Waals surface area contributed by atoms with Crippen molar-refractivity contribution in [1.29, 1.82) is 0 Å². The summed E-state index contributed by atoms with van der Waals surface area (Å²) in [4.78, 5) is 27.9. The molecule has 0 aromatic rings. The smallest absolute Gasteiger partial charge is 0.230 e. The lowest BCUT2D eigenvalue weighted by Crippen LogP contribution is -2.63. The summed E-state index contributed by atoms with van der Waals surface area (Å²) in [6.07, 6.45) is 3.85. The number of nitrogens with zero attached hydrogens (tertiary/aromatic N) is 2. The van der Waals surface area contributed by atoms with Gasteiger partial charge in [0.25, 0.3) is 0 Å². The average Bonchev–Trinajstić information content (AvgIpc) is 2.35. The fourth-order valence-corrected chi connectivity index (χ4v) is 3.80. The first-order valence-electron chi connectivity index (χ1n) is 7.06. The third kappa shape index (κ3) is 1.65. The molecular weight excluding hydrogens is 228 g/mol. The van der Waals surface area contributed by atoms with E-state index in [1.165, 1.54) is 0 Å². The molecule has 18 heavy (non-hydrogen) atoms. The Hall–Kier alpha value is -1.06. The van der Waals surface area contributed by atoms with Crippen LogP contribution >= 0.6 is 0 Å². The number of carbonyl (C=O) groups excluding carboxylic acids is 2. The van der Waals surface area contributed by atoms with Crippen LogP contribution in [0.4, 0.5) is 0 Å². The Bertz CT molecular complexity index is 379. The molecule has 0 bridgehead atoms. The molecule has 2 saturated heterocycles. The number of amides is 2. The quantitative estimate of drug-likeness (QED) is 0.654. The van der Waals surface area contributed by atoms with E-state index in [0.717, 1.165) is 51.2 Å². The lowest BCUT2D eigenvalue weighted by atomic mass is 9.70. The molecule has 0 aromatic carbocycles. The van der Waals surface area contributed by atoms with Crippen molar-refractivity contribution in [2.24, 2.45) is 17.3 Å². The van der Waals surface area contributed by atoms with Crippen LogP contribution in [0.25, 0.3) is 0 Å². The van der Waals surface area contributed by atoms with Crippen LogP contribution in [0.15, 0.2) is 0 Å². The number of β-lactam (4-membered cyclic amide) rings is 1. The first kappa shape index (κ1) is 12.0. The zero-order chi connectivity index (χ0) is 12.9. The maximum Gasteiger partial charge on any atom is 0.230 e. The molecule has 0 atom stereocenters. The van der Waals surface area contributed by atoms with Gasteiger partial charge in [-0.3, -0.25) is 9.59 Å². The Balaban J connectivity index is 1.54. The minimum atomic E-state index is -0.113. The Morgan fingerprint density at radius 1 is 1.28 bits per heavy atom. The maximum absolute atomic E-state index is 12.2. The second-order valence-corrected chi connectivity index (χ2v) is 6.54. The predicted octanol–water partition coefficient (Wildman–Crippen LogP) is 1.11. The van der Waals surface area contributed by atoms with Crippen molar-refractivity contribution in [3.8, 4) is 0 Å². The highest BCUT2D eigenvalue weighted by Gasteiger charge is 2.52. The number of hydrogen-bond donors (Lipinski definition) is 0. The van der Waals surface area contributed by atoms with Gasteiger partial charge in [-0.05, 0) is 31.6 Å². The van der Waals surface area contributed by atoms with Gasteiger partial charge in [0.15, 0.2) is 0 Å². The number of hydrogen-bond acceptors (Lipinski definition) is 2. The minimum absolute atomic E-state index is 0.113. The van der Waals surface area contributed by atoms with Crippen LogP contribution in [0.1, 0.15) is 32.6 Å². The Morgan fingerprint density at radius 2 is 1.89 bits per heavy atom. The summed E-state index contributed by atoms with van der Waals surface area (Å²) >= 11 is 0. The van der Waals surface area contributed by atoms with Gasteiger partial charge in [-0.25, -0.2) is 0 Å². The maximum atomic E-state index is 12.2. The molecule has 0 unspecified atom stereocenters. The van der Waals surface area contributed by atoms with Gasteiger partial charge in [-0.15, -0.1) is 0 Å². The van der Waals surface area contributed by atoms with Crippen LogP contribution in [0.2, 0.25) is 0 Å². The van der Waals surface area contributed by atoms with Gasteiger partial charge in [-0.2, -0.15) is 0 Å². The average molecular weight is 250 g/mol. The van der Waals surface area contributed by atoms with E-state index in [1.54, 1.807) is 4.90 Å². The number of likely N-dealkylation sites (tertiary alicyclic amines) is 2. The van der Waals surface area contributed by atoms with Crippen LogP contribution in [0.5, 0.6) is 0 Å². The van der Waals surface area contributed by atoms with Crippen LogP contribution in [-0.2, 0) is 9.59 Å². The Kier molecular flexibility index (Phi) is 2.65. The van der Waals surface area contributed by atoms with Crippen molar-refractivity contribution in [3.63, 3.8) is 0 Å². The van der Waals surface area contributed by atoms with Crippen LogP contribution in [0.3, 0.4) is 0 Å². The van der Waals surface area contributed by atoms with Gasteiger partial charge < -0.3 is 9.80 Å². The molecule has 100 valence electrons. The summed E-state index contributed by atoms with van der Waals surface area (Å²) in [5.74, 6) is 1.61. The summed E-state index contributed by atoms with van der Waals surface area (Å²) in [5, 5.41) is 0. The summed E-state index contributed by atoms with van der Waals surface area (Å²) in [6, 6.07) is 0. The second-order valence-electron chi connectivity index (χ2n) is 6.54. The number of rotatable bonds is 1. The van der Waals surface area contributed by atoms with Crippen LogP contribution < -0.4 is 0 Å². The molecule has 4 heteroatoms. The first-order valence-corrected chi connectivity index (χ1v) is 7.06. The normalized spacial score (nSPS) is 34.2. The van der Waals surface area contributed by atoms with E-state index in [9.17, 15) is 9.59 Å². The zero-order valence-corrected chi connectivity index (χ0v) is 11.3. The van der Waals surface area contributed by atoms with Crippen molar-refractivity contribution in [2.75, 3.05) is 26.7 Å². The van der Waals surface area contributed by atoms with Crippen LogP contribution in [-0.4, -0.2) is 48.3 Å². The highest BCUT2D eigenvalue weighted by molar-refractivity contribution is 5.89. The molecule has 1 aliphatic carbocycles. The molecule has 1 spiro atoms. The van der Waals surface area contributed by atoms with E-state index < -0.39 is 0 Å². The van der Waals surface area contributed by atoms with Gasteiger partial charge >= 0.3 is 0 Å². The Labute approximate surface area is 108 Å². The van der Waals surface area contributed by atoms with E-state index in [4.69, 9.17) is 0 Å². The van der Waals surface area contributed by atoms with Crippen molar-refractivity contribution < 1.29 is 9.59 Å². The van der Waals surface area contributed by atoms with Crippen molar-refractivity contribution in [2.45, 2.75) is 32.6 Å². The van der Waals surface area contributed by atoms with Crippen LogP contribution in [0, 0.1) is 17.3 Å². The predicted molar refractivity (Wildman–Crippen MR) is 67.8 cm³/mol. The molecule has 3 aliphatic rings. The highest BCUT2D eigenvalue weighted by atomic mass is 16.2. The summed E-state index contributed by atoms with van der Waals surface area (Å²) in [6.45, 7) is 4.65. The summed E-state index contributed by atoms with van der Waals surface area (Å²) in [7, 11) is 1.86. The second kappa shape index (κ2) is 3.97. The van der Waals surface area contributed by atoms with Gasteiger partial charge in [0.2, 0.25) is 11.8 Å². The zero-order valence-electron chi connectivity index (χ0n) is 11.3. The molecule has 0 aromatic heterocycles. The standard InChI is InChI=1S/C14H22N2O2/c1-10-7-11(8-10)12(17)16-5-3-14(4-6-16)9-15(2)13(14)18/h10-11H,3-9H2,1-2H3. The highest BCUT2D eigenvalue weighted by Crippen LogP contribution is 2.42. The van der Waals surface area contributed by atoms with Gasteiger partial charge in [0.1, 0.15) is 0 Å². The minimum Gasteiger partial charge on any atom is -0.344 e. The summed E-state index contributed by atoms with van der Waals surface area (Å²) in [5.41, 5.74) is -0.113. The number of carbonyl (C=O) groups is 2. The SMILES string of the molecule is CC1CC(C(=O)N2CCC3(CC2)CN(C)C3=O)C1. The van der Waals surface area contributed by atoms with E-state index in [0.29, 0.717) is 5.91 Å². The molecule has 2 heterocycles. The molecule has 2 aliphatic heterocycles. The van der Waals surface area contributed by atoms with Gasteiger partial charge in [0.05, 0.1) is 5.41 Å². The molecule has 2 amide bonds. The van der Waals surface area contributed by atoms with E-state index in [2.05, 4.69) is 6.92 Å². The third-order valence-corrected chi connectivity index (χ3v) is 5.10. The number of piperidine rings is 1. The van der Waals surface area contributed by atoms with E-state index in [-0.39, 0.29) is 17.2 Å². The molecule has 3 rings (SSSR count). The monoisotopic (exact) mass is 250 g/mol. The third-order valence-electron chi connectivity index (χ3n) is 5.10. The Morgan fingerprint density at radius 3 is 2.33 bits per heavy atom. The van der Waals surface area contributed by atoms with E-state index in [1.807, 2.05) is 11.9 Å². The summed E-state index contributed by atoms with van der Waals surface area (Å²) < 4.78 is 0. The largest absolute Gasteiger partial charge is 0.344 e. The van der Waals surface area contributed by atoms with Crippen molar-refractivity contribution in [1.82, 2.24) is 9.80 Å². The first-order chi connectivity index (χ1) is 8.52. The molecule has 1 saturated carbocycles. The lowest BCUT2D eigenvalue weighted by Gasteiger charge is -2.51. The molecule has 3 fully saturated rings. The fourth-order valence-electron chi connectivity index (χ4n) is 3.80. The van der Waals surface area contributed by atoms with E-state index >= 15 is 0 Å². The molecule has 0 radical (unpaired) electrons. The van der Waals surface area contributed by atoms with Crippen molar-refractivity contribution in [3.05, 3.63) is 0 Å². The fraction of sp³-hybridized carbons (Fsp3) is 0.857. The molecular formula is C14H22N2O2. The lowest BCUT2D eigenvalue weighted by molar-refractivity contribution is -0.165. The molecule has 0 N–H and O–H groups in total. The van der Waals surface area contributed by atoms with Gasteiger partial charge in [0, 0.05) is 32.6 Å². The van der Waals surface area contributed by atoms with Crippen molar-refractivity contribution >= 4 is 11.8 Å².